The molecule has 0 fully saturated rings. The molecule has 1 heterocycles. The summed E-state index contributed by atoms with van der Waals surface area (Å²) in [4.78, 5) is 1.17. The van der Waals surface area contributed by atoms with Gasteiger partial charge in [0.2, 0.25) is 0 Å². The summed E-state index contributed by atoms with van der Waals surface area (Å²) in [6, 6.07) is 20.0. The first-order valence-electron chi connectivity index (χ1n) is 6.63. The van der Waals surface area contributed by atoms with E-state index in [1.54, 1.807) is 18.9 Å². The molecule has 0 saturated carbocycles. The number of aromatic nitrogens is 1. The molecular weight excluding hydrogens is 282 g/mol. The molecule has 0 atom stereocenters. The van der Waals surface area contributed by atoms with Crippen LogP contribution >= 0.6 is 11.8 Å². The molecule has 0 spiro atoms. The number of benzene rings is 2. The molecule has 0 aliphatic carbocycles. The van der Waals surface area contributed by atoms with E-state index in [2.05, 4.69) is 5.16 Å². The van der Waals surface area contributed by atoms with Crippen molar-refractivity contribution >= 4 is 11.8 Å². The molecule has 0 unspecified atom stereocenters. The van der Waals surface area contributed by atoms with Gasteiger partial charge in [0.15, 0.2) is 0 Å². The lowest BCUT2D eigenvalue weighted by atomic mass is 10.1. The molecule has 3 nitrogen and oxygen atoms in total. The molecule has 1 aromatic heterocycles. The van der Waals surface area contributed by atoms with Crippen LogP contribution in [0.25, 0.3) is 11.3 Å². The molecule has 0 saturated heterocycles. The van der Waals surface area contributed by atoms with Crippen LogP contribution in [0.4, 0.5) is 0 Å². The summed E-state index contributed by atoms with van der Waals surface area (Å²) in [7, 11) is 1.67. The standard InChI is InChI=1S/C17H15NO2S/c1-19-14-7-9-16(10-8-14)21-12-15-11-17(18-20-15)13-5-3-2-4-6-13/h2-11H,12H2,1H3. The number of methoxy groups -OCH3 is 1. The van der Waals surface area contributed by atoms with Gasteiger partial charge in [0.1, 0.15) is 17.2 Å². The van der Waals surface area contributed by atoms with Gasteiger partial charge in [-0.25, -0.2) is 0 Å². The predicted molar refractivity (Wildman–Crippen MR) is 84.5 cm³/mol. The zero-order valence-corrected chi connectivity index (χ0v) is 12.5. The molecule has 2 aromatic carbocycles. The first-order valence-corrected chi connectivity index (χ1v) is 7.61. The Morgan fingerprint density at radius 3 is 2.52 bits per heavy atom. The number of nitrogens with zero attached hydrogens (tertiary/aromatic N) is 1. The Morgan fingerprint density at radius 2 is 1.81 bits per heavy atom. The Bertz CT molecular complexity index is 692. The van der Waals surface area contributed by atoms with Gasteiger partial charge < -0.3 is 9.26 Å². The number of hydrogen-bond acceptors (Lipinski definition) is 4. The van der Waals surface area contributed by atoms with Gasteiger partial charge in [-0.15, -0.1) is 11.8 Å². The van der Waals surface area contributed by atoms with Crippen molar-refractivity contribution in [3.63, 3.8) is 0 Å². The van der Waals surface area contributed by atoms with Crippen LogP contribution in [0.15, 0.2) is 70.1 Å². The van der Waals surface area contributed by atoms with E-state index in [0.717, 1.165) is 28.5 Å². The van der Waals surface area contributed by atoms with Crippen molar-refractivity contribution in [1.82, 2.24) is 5.16 Å². The minimum atomic E-state index is 0.756. The van der Waals surface area contributed by atoms with Crippen molar-refractivity contribution in [2.24, 2.45) is 0 Å². The summed E-state index contributed by atoms with van der Waals surface area (Å²) in [6.07, 6.45) is 0. The monoisotopic (exact) mass is 297 g/mol. The van der Waals surface area contributed by atoms with E-state index < -0.39 is 0 Å². The number of thioether (sulfide) groups is 1. The zero-order valence-electron chi connectivity index (χ0n) is 11.7. The van der Waals surface area contributed by atoms with Crippen molar-refractivity contribution in [2.45, 2.75) is 10.6 Å². The Morgan fingerprint density at radius 1 is 1.05 bits per heavy atom. The second-order valence-electron chi connectivity index (χ2n) is 4.51. The highest BCUT2D eigenvalue weighted by Gasteiger charge is 2.06. The zero-order chi connectivity index (χ0) is 14.5. The number of hydrogen-bond donors (Lipinski definition) is 0. The fraction of sp³-hybridized carbons (Fsp3) is 0.118. The second kappa shape index (κ2) is 6.50. The summed E-state index contributed by atoms with van der Waals surface area (Å²) >= 11 is 1.71. The third-order valence-corrected chi connectivity index (χ3v) is 4.10. The van der Waals surface area contributed by atoms with Crippen molar-refractivity contribution < 1.29 is 9.26 Å². The molecule has 4 heteroatoms. The maximum Gasteiger partial charge on any atom is 0.147 e. The molecule has 0 aliphatic heterocycles. The first kappa shape index (κ1) is 13.8. The maximum atomic E-state index is 5.39. The summed E-state index contributed by atoms with van der Waals surface area (Å²) in [6.45, 7) is 0. The Balaban J connectivity index is 1.64. The van der Waals surface area contributed by atoms with Crippen molar-refractivity contribution in [1.29, 1.82) is 0 Å². The van der Waals surface area contributed by atoms with E-state index in [-0.39, 0.29) is 0 Å². The van der Waals surface area contributed by atoms with Gasteiger partial charge in [0.25, 0.3) is 0 Å². The smallest absolute Gasteiger partial charge is 0.147 e. The van der Waals surface area contributed by atoms with E-state index in [4.69, 9.17) is 9.26 Å². The third kappa shape index (κ3) is 3.47. The predicted octanol–water partition coefficient (Wildman–Crippen LogP) is 4.64. The van der Waals surface area contributed by atoms with Gasteiger partial charge in [-0.2, -0.15) is 0 Å². The van der Waals surface area contributed by atoms with Crippen molar-refractivity contribution in [3.8, 4) is 17.0 Å². The van der Waals surface area contributed by atoms with E-state index in [9.17, 15) is 0 Å². The third-order valence-electron chi connectivity index (χ3n) is 3.07. The normalized spacial score (nSPS) is 10.5. The van der Waals surface area contributed by atoms with Crippen molar-refractivity contribution in [2.75, 3.05) is 7.11 Å². The van der Waals surface area contributed by atoms with Crippen LogP contribution in [0.1, 0.15) is 5.76 Å². The number of rotatable bonds is 5. The average molecular weight is 297 g/mol. The van der Waals surface area contributed by atoms with Crippen LogP contribution in [0.2, 0.25) is 0 Å². The molecule has 0 aliphatic rings. The fourth-order valence-electron chi connectivity index (χ4n) is 1.95. The van der Waals surface area contributed by atoms with Crippen molar-refractivity contribution in [3.05, 3.63) is 66.4 Å². The first-order chi connectivity index (χ1) is 10.3. The SMILES string of the molecule is COc1ccc(SCc2cc(-c3ccccc3)no2)cc1. The van der Waals surface area contributed by atoms with Gasteiger partial charge in [-0.05, 0) is 24.3 Å². The number of ether oxygens (including phenoxy) is 1. The van der Waals surface area contributed by atoms with Crippen LogP contribution in [0.3, 0.4) is 0 Å². The molecule has 21 heavy (non-hydrogen) atoms. The van der Waals surface area contributed by atoms with E-state index >= 15 is 0 Å². The summed E-state index contributed by atoms with van der Waals surface area (Å²) in [5.74, 6) is 2.49. The van der Waals surface area contributed by atoms with E-state index in [1.807, 2.05) is 60.7 Å². The molecule has 0 bridgehead atoms. The summed E-state index contributed by atoms with van der Waals surface area (Å²) < 4.78 is 10.5. The average Bonchev–Trinajstić information content (AvgIpc) is 3.03. The molecule has 3 aromatic rings. The van der Waals surface area contributed by atoms with Crippen LogP contribution in [0, 0.1) is 0 Å². The Kier molecular flexibility index (Phi) is 4.26. The van der Waals surface area contributed by atoms with Crippen LogP contribution in [-0.4, -0.2) is 12.3 Å². The summed E-state index contributed by atoms with van der Waals surface area (Å²) in [5, 5.41) is 4.12. The van der Waals surface area contributed by atoms with Gasteiger partial charge in [0.05, 0.1) is 12.9 Å². The largest absolute Gasteiger partial charge is 0.497 e. The van der Waals surface area contributed by atoms with Crippen LogP contribution in [-0.2, 0) is 5.75 Å². The molecule has 0 radical (unpaired) electrons. The van der Waals surface area contributed by atoms with Gasteiger partial charge in [-0.3, -0.25) is 0 Å². The molecular formula is C17H15NO2S. The Labute approximate surface area is 127 Å². The van der Waals surface area contributed by atoms with Gasteiger partial charge in [0, 0.05) is 16.5 Å². The van der Waals surface area contributed by atoms with E-state index in [1.165, 1.54) is 4.90 Å². The highest BCUT2D eigenvalue weighted by molar-refractivity contribution is 7.98. The lowest BCUT2D eigenvalue weighted by Crippen LogP contribution is -1.81. The van der Waals surface area contributed by atoms with Gasteiger partial charge >= 0.3 is 0 Å². The lowest BCUT2D eigenvalue weighted by molar-refractivity contribution is 0.397. The Hall–Kier alpha value is -2.20. The second-order valence-corrected chi connectivity index (χ2v) is 5.56. The molecule has 0 amide bonds. The van der Waals surface area contributed by atoms with Crippen LogP contribution in [0.5, 0.6) is 5.75 Å². The quantitative estimate of drug-likeness (QED) is 0.642. The topological polar surface area (TPSA) is 35.3 Å². The van der Waals surface area contributed by atoms with E-state index in [0.29, 0.717) is 0 Å². The fourth-order valence-corrected chi connectivity index (χ4v) is 2.73. The van der Waals surface area contributed by atoms with Gasteiger partial charge in [-0.1, -0.05) is 35.5 Å². The highest BCUT2D eigenvalue weighted by atomic mass is 32.2. The molecule has 106 valence electrons. The maximum absolute atomic E-state index is 5.39. The minimum Gasteiger partial charge on any atom is -0.497 e. The highest BCUT2D eigenvalue weighted by Crippen LogP contribution is 2.27. The van der Waals surface area contributed by atoms with Crippen LogP contribution < -0.4 is 4.74 Å². The molecule has 0 N–H and O–H groups in total. The lowest BCUT2D eigenvalue weighted by Gasteiger charge is -2.01. The summed E-state index contributed by atoms with van der Waals surface area (Å²) in [5.41, 5.74) is 1.95. The minimum absolute atomic E-state index is 0.756. The molecule has 3 rings (SSSR count).